The zero-order chi connectivity index (χ0) is 14.8. The van der Waals surface area contributed by atoms with Crippen molar-refractivity contribution >= 4 is 34.5 Å². The van der Waals surface area contributed by atoms with E-state index in [0.29, 0.717) is 15.1 Å². The summed E-state index contributed by atoms with van der Waals surface area (Å²) in [7, 11) is 0. The van der Waals surface area contributed by atoms with Crippen molar-refractivity contribution in [2.75, 3.05) is 0 Å². The minimum Gasteiger partial charge on any atom is -0.381 e. The van der Waals surface area contributed by atoms with Gasteiger partial charge in [0.15, 0.2) is 0 Å². The van der Waals surface area contributed by atoms with E-state index in [9.17, 15) is 5.11 Å². The Morgan fingerprint density at radius 1 is 1.00 bits per heavy atom. The standard InChI is InChI=1S/C16H11Cl2NOS/c17-12-8-4-7-11(14(12)18)13-9-21-16(19-13)15(20)10-5-2-1-3-6-10/h1-9,15,20H. The normalized spacial score (nSPS) is 12.3. The van der Waals surface area contributed by atoms with E-state index in [2.05, 4.69) is 4.98 Å². The van der Waals surface area contributed by atoms with Crippen LogP contribution in [-0.2, 0) is 0 Å². The molecule has 0 radical (unpaired) electrons. The molecule has 106 valence electrons. The van der Waals surface area contributed by atoms with Gasteiger partial charge >= 0.3 is 0 Å². The van der Waals surface area contributed by atoms with Crippen LogP contribution in [0.1, 0.15) is 16.7 Å². The van der Waals surface area contributed by atoms with Crippen LogP contribution < -0.4 is 0 Å². The van der Waals surface area contributed by atoms with Crippen LogP contribution in [-0.4, -0.2) is 10.1 Å². The SMILES string of the molecule is OC(c1ccccc1)c1nc(-c2cccc(Cl)c2Cl)cs1. The molecule has 3 aromatic rings. The Kier molecular flexibility index (Phi) is 4.27. The van der Waals surface area contributed by atoms with Gasteiger partial charge in [-0.05, 0) is 11.6 Å². The van der Waals surface area contributed by atoms with E-state index in [1.807, 2.05) is 47.8 Å². The van der Waals surface area contributed by atoms with E-state index in [0.717, 1.165) is 16.8 Å². The molecule has 2 nitrogen and oxygen atoms in total. The van der Waals surface area contributed by atoms with Crippen molar-refractivity contribution in [1.82, 2.24) is 4.98 Å². The summed E-state index contributed by atoms with van der Waals surface area (Å²) in [6.07, 6.45) is -0.733. The van der Waals surface area contributed by atoms with Gasteiger partial charge in [-0.3, -0.25) is 0 Å². The quantitative estimate of drug-likeness (QED) is 0.713. The highest BCUT2D eigenvalue weighted by molar-refractivity contribution is 7.10. The zero-order valence-electron chi connectivity index (χ0n) is 10.8. The van der Waals surface area contributed by atoms with Crippen molar-refractivity contribution in [3.05, 3.63) is 74.5 Å². The number of aliphatic hydroxyl groups is 1. The Hall–Kier alpha value is -1.39. The highest BCUT2D eigenvalue weighted by Crippen LogP contribution is 2.35. The van der Waals surface area contributed by atoms with E-state index in [-0.39, 0.29) is 0 Å². The topological polar surface area (TPSA) is 33.1 Å². The van der Waals surface area contributed by atoms with Gasteiger partial charge in [0.05, 0.1) is 15.7 Å². The first-order valence-electron chi connectivity index (χ1n) is 6.29. The minimum absolute atomic E-state index is 0.477. The number of benzene rings is 2. The molecule has 0 spiro atoms. The molecule has 1 N–H and O–H groups in total. The Morgan fingerprint density at radius 2 is 1.76 bits per heavy atom. The summed E-state index contributed by atoms with van der Waals surface area (Å²) in [5, 5.41) is 13.8. The van der Waals surface area contributed by atoms with Crippen LogP contribution in [0.15, 0.2) is 53.9 Å². The van der Waals surface area contributed by atoms with E-state index in [4.69, 9.17) is 23.2 Å². The maximum atomic E-state index is 10.4. The van der Waals surface area contributed by atoms with Gasteiger partial charge in [-0.15, -0.1) is 11.3 Å². The van der Waals surface area contributed by atoms with Crippen molar-refractivity contribution in [2.24, 2.45) is 0 Å². The first-order chi connectivity index (χ1) is 10.2. The Morgan fingerprint density at radius 3 is 2.52 bits per heavy atom. The van der Waals surface area contributed by atoms with Gasteiger partial charge in [-0.2, -0.15) is 0 Å². The average molecular weight is 336 g/mol. The fourth-order valence-electron chi connectivity index (χ4n) is 2.02. The molecule has 2 aromatic carbocycles. The third-order valence-electron chi connectivity index (χ3n) is 3.10. The summed E-state index contributed by atoms with van der Waals surface area (Å²) in [6, 6.07) is 14.9. The van der Waals surface area contributed by atoms with E-state index in [1.54, 1.807) is 6.07 Å². The summed E-state index contributed by atoms with van der Waals surface area (Å²) in [6.45, 7) is 0. The number of aliphatic hydroxyl groups excluding tert-OH is 1. The molecule has 0 aliphatic carbocycles. The number of hydrogen-bond donors (Lipinski definition) is 1. The number of halogens is 2. The largest absolute Gasteiger partial charge is 0.381 e. The molecule has 1 atom stereocenters. The zero-order valence-corrected chi connectivity index (χ0v) is 13.2. The van der Waals surface area contributed by atoms with Crippen LogP contribution in [0, 0.1) is 0 Å². The van der Waals surface area contributed by atoms with Crippen molar-refractivity contribution in [1.29, 1.82) is 0 Å². The lowest BCUT2D eigenvalue weighted by atomic mass is 10.1. The summed E-state index contributed by atoms with van der Waals surface area (Å²) in [5.41, 5.74) is 2.31. The van der Waals surface area contributed by atoms with E-state index < -0.39 is 6.10 Å². The second-order valence-electron chi connectivity index (χ2n) is 4.49. The molecular weight excluding hydrogens is 325 g/mol. The van der Waals surface area contributed by atoms with Crippen molar-refractivity contribution in [3.8, 4) is 11.3 Å². The molecule has 1 aromatic heterocycles. The van der Waals surface area contributed by atoms with Crippen molar-refractivity contribution in [3.63, 3.8) is 0 Å². The molecule has 0 aliphatic rings. The van der Waals surface area contributed by atoms with Gasteiger partial charge in [-0.25, -0.2) is 4.98 Å². The first-order valence-corrected chi connectivity index (χ1v) is 7.93. The fraction of sp³-hybridized carbons (Fsp3) is 0.0625. The molecule has 0 fully saturated rings. The Balaban J connectivity index is 1.95. The maximum Gasteiger partial charge on any atom is 0.131 e. The molecule has 0 saturated carbocycles. The molecule has 5 heteroatoms. The van der Waals surface area contributed by atoms with Gasteiger partial charge < -0.3 is 5.11 Å². The number of nitrogens with zero attached hydrogens (tertiary/aromatic N) is 1. The predicted molar refractivity (Wildman–Crippen MR) is 88.1 cm³/mol. The fourth-order valence-corrected chi connectivity index (χ4v) is 3.24. The van der Waals surface area contributed by atoms with Crippen LogP contribution in [0.2, 0.25) is 10.0 Å². The lowest BCUT2D eigenvalue weighted by molar-refractivity contribution is 0.220. The highest BCUT2D eigenvalue weighted by atomic mass is 35.5. The second-order valence-corrected chi connectivity index (χ2v) is 6.16. The molecule has 1 heterocycles. The molecule has 0 saturated heterocycles. The second kappa shape index (κ2) is 6.16. The molecule has 0 bridgehead atoms. The summed E-state index contributed by atoms with van der Waals surface area (Å²) < 4.78 is 0. The van der Waals surface area contributed by atoms with Crippen molar-refractivity contribution in [2.45, 2.75) is 6.10 Å². The van der Waals surface area contributed by atoms with Crippen molar-refractivity contribution < 1.29 is 5.11 Å². The lowest BCUT2D eigenvalue weighted by Crippen LogP contribution is -1.98. The monoisotopic (exact) mass is 335 g/mol. The van der Waals surface area contributed by atoms with Gasteiger partial charge in [0.1, 0.15) is 11.1 Å². The molecule has 0 aliphatic heterocycles. The van der Waals surface area contributed by atoms with E-state index in [1.165, 1.54) is 11.3 Å². The minimum atomic E-state index is -0.733. The van der Waals surface area contributed by atoms with Crippen LogP contribution in [0.4, 0.5) is 0 Å². The summed E-state index contributed by atoms with van der Waals surface area (Å²) in [4.78, 5) is 4.48. The number of aromatic nitrogens is 1. The molecule has 21 heavy (non-hydrogen) atoms. The molecule has 3 rings (SSSR count). The van der Waals surface area contributed by atoms with Gasteiger partial charge in [0, 0.05) is 10.9 Å². The number of hydrogen-bond acceptors (Lipinski definition) is 3. The van der Waals surface area contributed by atoms with Gasteiger partial charge in [0.25, 0.3) is 0 Å². The maximum absolute atomic E-state index is 10.4. The molecular formula is C16H11Cl2NOS. The van der Waals surface area contributed by atoms with Gasteiger partial charge in [-0.1, -0.05) is 65.7 Å². The third-order valence-corrected chi connectivity index (χ3v) is 4.81. The average Bonchev–Trinajstić information content (AvgIpc) is 3.00. The number of rotatable bonds is 3. The summed E-state index contributed by atoms with van der Waals surface area (Å²) >= 11 is 13.6. The van der Waals surface area contributed by atoms with Gasteiger partial charge in [0.2, 0.25) is 0 Å². The number of thiazole rings is 1. The van der Waals surface area contributed by atoms with E-state index >= 15 is 0 Å². The smallest absolute Gasteiger partial charge is 0.131 e. The van der Waals surface area contributed by atoms with Crippen LogP contribution in [0.3, 0.4) is 0 Å². The van der Waals surface area contributed by atoms with Crippen LogP contribution in [0.25, 0.3) is 11.3 Å². The lowest BCUT2D eigenvalue weighted by Gasteiger charge is -2.07. The molecule has 1 unspecified atom stereocenters. The van der Waals surface area contributed by atoms with Crippen LogP contribution in [0.5, 0.6) is 0 Å². The summed E-state index contributed by atoms with van der Waals surface area (Å²) in [5.74, 6) is 0. The molecule has 0 amide bonds. The predicted octanol–water partition coefficient (Wildman–Crippen LogP) is 5.20. The Bertz CT molecular complexity index is 758. The third kappa shape index (κ3) is 2.97. The highest BCUT2D eigenvalue weighted by Gasteiger charge is 2.16. The van der Waals surface area contributed by atoms with Crippen LogP contribution >= 0.6 is 34.5 Å². The first kappa shape index (κ1) is 14.5. The Labute approximate surface area is 136 Å².